The van der Waals surface area contributed by atoms with Crippen LogP contribution >= 0.6 is 31.9 Å². The molecule has 1 atom stereocenters. The second-order valence-corrected chi connectivity index (χ2v) is 8.38. The SMILES string of the molecule is COc1cc(CC(C)OC(=O)C(=O)O)cc(Cc2cc(OC)c(OC)c(Br)c2Br)c1OC. The molecule has 8 nitrogen and oxygen atoms in total. The fourth-order valence-corrected chi connectivity index (χ4v) is 4.32. The first-order chi connectivity index (χ1) is 15.2. The van der Waals surface area contributed by atoms with E-state index in [4.69, 9.17) is 28.8 Å². The number of aliphatic carboxylic acids is 1. The third-order valence-corrected chi connectivity index (χ3v) is 6.82. The molecule has 0 aliphatic carbocycles. The van der Waals surface area contributed by atoms with Crippen molar-refractivity contribution in [2.45, 2.75) is 25.9 Å². The monoisotopic (exact) mass is 574 g/mol. The molecule has 0 heterocycles. The van der Waals surface area contributed by atoms with Gasteiger partial charge in [0.25, 0.3) is 0 Å². The highest BCUT2D eigenvalue weighted by atomic mass is 79.9. The molecule has 2 rings (SSSR count). The molecule has 0 bridgehead atoms. The van der Waals surface area contributed by atoms with Crippen molar-refractivity contribution < 1.29 is 38.4 Å². The molecule has 32 heavy (non-hydrogen) atoms. The maximum Gasteiger partial charge on any atom is 0.417 e. The highest BCUT2D eigenvalue weighted by molar-refractivity contribution is 9.13. The number of benzene rings is 2. The summed E-state index contributed by atoms with van der Waals surface area (Å²) in [5.41, 5.74) is 2.51. The van der Waals surface area contributed by atoms with E-state index in [0.717, 1.165) is 21.2 Å². The highest BCUT2D eigenvalue weighted by Crippen LogP contribution is 2.44. The Kier molecular flexibility index (Phi) is 9.21. The molecule has 0 aliphatic rings. The van der Waals surface area contributed by atoms with E-state index in [9.17, 15) is 9.59 Å². The van der Waals surface area contributed by atoms with E-state index >= 15 is 0 Å². The Labute approximate surface area is 203 Å². The number of esters is 1. The number of carboxylic acids is 1. The fraction of sp³-hybridized carbons (Fsp3) is 0.364. The molecule has 0 saturated carbocycles. The number of ether oxygens (including phenoxy) is 5. The van der Waals surface area contributed by atoms with Crippen molar-refractivity contribution in [2.24, 2.45) is 0 Å². The van der Waals surface area contributed by atoms with Gasteiger partial charge in [0.1, 0.15) is 6.10 Å². The number of hydrogen-bond donors (Lipinski definition) is 1. The molecule has 0 spiro atoms. The van der Waals surface area contributed by atoms with Crippen LogP contribution < -0.4 is 18.9 Å². The number of rotatable bonds is 9. The van der Waals surface area contributed by atoms with Gasteiger partial charge in [-0.15, -0.1) is 0 Å². The van der Waals surface area contributed by atoms with Crippen LogP contribution in [0, 0.1) is 0 Å². The van der Waals surface area contributed by atoms with Gasteiger partial charge in [-0.1, -0.05) is 6.07 Å². The molecular formula is C22H24Br2O8. The van der Waals surface area contributed by atoms with Gasteiger partial charge in [0, 0.05) is 22.9 Å². The van der Waals surface area contributed by atoms with Crippen LogP contribution in [-0.2, 0) is 27.2 Å². The number of carbonyl (C=O) groups is 2. The third kappa shape index (κ3) is 5.86. The fourth-order valence-electron chi connectivity index (χ4n) is 3.27. The zero-order chi connectivity index (χ0) is 24.0. The second-order valence-electron chi connectivity index (χ2n) is 6.79. The minimum atomic E-state index is -1.63. The molecule has 0 fully saturated rings. The lowest BCUT2D eigenvalue weighted by Gasteiger charge is -2.19. The molecule has 0 aliphatic heterocycles. The lowest BCUT2D eigenvalue weighted by atomic mass is 9.98. The van der Waals surface area contributed by atoms with Crippen LogP contribution in [-0.4, -0.2) is 51.6 Å². The Balaban J connectivity index is 2.47. The van der Waals surface area contributed by atoms with Gasteiger partial charge in [-0.05, 0) is 62.0 Å². The minimum absolute atomic E-state index is 0.295. The highest BCUT2D eigenvalue weighted by Gasteiger charge is 2.21. The summed E-state index contributed by atoms with van der Waals surface area (Å²) in [6.07, 6.45) is 0.103. The quantitative estimate of drug-likeness (QED) is 0.347. The van der Waals surface area contributed by atoms with Gasteiger partial charge in [-0.2, -0.15) is 0 Å². The molecule has 0 saturated heterocycles. The van der Waals surface area contributed by atoms with Crippen LogP contribution in [0.5, 0.6) is 23.0 Å². The Morgan fingerprint density at radius 1 is 0.875 bits per heavy atom. The first-order valence-corrected chi connectivity index (χ1v) is 11.0. The Morgan fingerprint density at radius 2 is 1.47 bits per heavy atom. The minimum Gasteiger partial charge on any atom is -0.493 e. The maximum atomic E-state index is 11.4. The average molecular weight is 576 g/mol. The predicted molar refractivity (Wildman–Crippen MR) is 124 cm³/mol. The molecule has 1 N–H and O–H groups in total. The van der Waals surface area contributed by atoms with E-state index < -0.39 is 18.0 Å². The summed E-state index contributed by atoms with van der Waals surface area (Å²) in [6, 6.07) is 5.54. The van der Waals surface area contributed by atoms with Crippen molar-refractivity contribution in [1.82, 2.24) is 0 Å². The lowest BCUT2D eigenvalue weighted by molar-refractivity contribution is -0.166. The van der Waals surface area contributed by atoms with Gasteiger partial charge < -0.3 is 28.8 Å². The summed E-state index contributed by atoms with van der Waals surface area (Å²) in [6.45, 7) is 1.62. The van der Waals surface area contributed by atoms with Crippen LogP contribution in [0.3, 0.4) is 0 Å². The van der Waals surface area contributed by atoms with Gasteiger partial charge >= 0.3 is 11.9 Å². The molecule has 2 aromatic carbocycles. The standard InChI is InChI=1S/C22H24Br2O8/c1-11(32-22(27)21(25)26)6-12-7-14(19(30-4)15(8-12)28-2)9-13-10-16(29-3)20(31-5)18(24)17(13)23/h7-8,10-11H,6,9H2,1-5H3,(H,25,26). The van der Waals surface area contributed by atoms with E-state index in [0.29, 0.717) is 40.3 Å². The van der Waals surface area contributed by atoms with Gasteiger partial charge in [-0.25, -0.2) is 9.59 Å². The average Bonchev–Trinajstić information content (AvgIpc) is 2.76. The normalized spacial score (nSPS) is 11.5. The van der Waals surface area contributed by atoms with Gasteiger partial charge in [0.2, 0.25) is 0 Å². The topological polar surface area (TPSA) is 101 Å². The van der Waals surface area contributed by atoms with Gasteiger partial charge in [-0.3, -0.25) is 0 Å². The van der Waals surface area contributed by atoms with Crippen LogP contribution in [0.25, 0.3) is 0 Å². The van der Waals surface area contributed by atoms with Crippen LogP contribution in [0.4, 0.5) is 0 Å². The molecule has 0 amide bonds. The largest absolute Gasteiger partial charge is 0.493 e. The first-order valence-electron chi connectivity index (χ1n) is 9.43. The summed E-state index contributed by atoms with van der Waals surface area (Å²) in [7, 11) is 6.20. The second kappa shape index (κ2) is 11.4. The van der Waals surface area contributed by atoms with E-state index in [1.807, 2.05) is 12.1 Å². The van der Waals surface area contributed by atoms with Crippen LogP contribution in [0.1, 0.15) is 23.6 Å². The van der Waals surface area contributed by atoms with Crippen molar-refractivity contribution in [2.75, 3.05) is 28.4 Å². The molecule has 0 radical (unpaired) electrons. The summed E-state index contributed by atoms with van der Waals surface area (Å²) in [4.78, 5) is 22.1. The molecular weight excluding hydrogens is 552 g/mol. The number of carbonyl (C=O) groups excluding carboxylic acids is 1. The number of hydrogen-bond acceptors (Lipinski definition) is 7. The Morgan fingerprint density at radius 3 is 2.00 bits per heavy atom. The Bertz CT molecular complexity index is 1010. The van der Waals surface area contributed by atoms with E-state index in [1.54, 1.807) is 34.3 Å². The molecule has 10 heteroatoms. The molecule has 174 valence electrons. The van der Waals surface area contributed by atoms with Gasteiger partial charge in [0.15, 0.2) is 23.0 Å². The Hall–Kier alpha value is -2.46. The molecule has 1 unspecified atom stereocenters. The summed E-state index contributed by atoms with van der Waals surface area (Å²) >= 11 is 7.14. The molecule has 0 aromatic heterocycles. The first kappa shape index (κ1) is 25.8. The zero-order valence-corrected chi connectivity index (χ0v) is 21.5. The summed E-state index contributed by atoms with van der Waals surface area (Å²) < 4.78 is 28.4. The number of halogens is 2. The third-order valence-electron chi connectivity index (χ3n) is 4.63. The van der Waals surface area contributed by atoms with E-state index in [2.05, 4.69) is 31.9 Å². The zero-order valence-electron chi connectivity index (χ0n) is 18.3. The lowest BCUT2D eigenvalue weighted by Crippen LogP contribution is -2.23. The van der Waals surface area contributed by atoms with E-state index in [-0.39, 0.29) is 0 Å². The maximum absolute atomic E-state index is 11.4. The predicted octanol–water partition coefficient (Wildman–Crippen LogP) is 4.40. The van der Waals surface area contributed by atoms with Crippen molar-refractivity contribution in [3.05, 3.63) is 43.8 Å². The number of methoxy groups -OCH3 is 4. The van der Waals surface area contributed by atoms with Gasteiger partial charge in [0.05, 0.1) is 32.9 Å². The smallest absolute Gasteiger partial charge is 0.417 e. The van der Waals surface area contributed by atoms with E-state index in [1.165, 1.54) is 7.11 Å². The van der Waals surface area contributed by atoms with Crippen molar-refractivity contribution >= 4 is 43.8 Å². The summed E-state index contributed by atoms with van der Waals surface area (Å²) in [5, 5.41) is 8.75. The van der Waals surface area contributed by atoms with Crippen LogP contribution in [0.15, 0.2) is 27.1 Å². The van der Waals surface area contributed by atoms with Crippen LogP contribution in [0.2, 0.25) is 0 Å². The summed E-state index contributed by atoms with van der Waals surface area (Å²) in [5.74, 6) is -0.730. The van der Waals surface area contributed by atoms with Crippen molar-refractivity contribution in [1.29, 1.82) is 0 Å². The van der Waals surface area contributed by atoms with Crippen molar-refractivity contribution in [3.63, 3.8) is 0 Å². The number of carboxylic acid groups (broad SMARTS) is 1. The van der Waals surface area contributed by atoms with Crippen molar-refractivity contribution in [3.8, 4) is 23.0 Å². The molecule has 2 aromatic rings.